The highest BCUT2D eigenvalue weighted by molar-refractivity contribution is 5.90. The van der Waals surface area contributed by atoms with Gasteiger partial charge in [-0.05, 0) is 6.92 Å². The van der Waals surface area contributed by atoms with Crippen LogP contribution in [-0.4, -0.2) is 55.6 Å². The van der Waals surface area contributed by atoms with Crippen LogP contribution < -0.4 is 9.64 Å². The molecule has 4 heterocycles. The van der Waals surface area contributed by atoms with Gasteiger partial charge in [0, 0.05) is 38.9 Å². The fourth-order valence-corrected chi connectivity index (χ4v) is 3.88. The van der Waals surface area contributed by atoms with Crippen molar-refractivity contribution in [3.05, 3.63) is 48.0 Å². The number of nitrogens with zero attached hydrogens (tertiary/aromatic N) is 7. The summed E-state index contributed by atoms with van der Waals surface area (Å²) in [4.78, 5) is 16.3. The number of anilines is 1. The Balaban J connectivity index is 1.45. The Kier molecular flexibility index (Phi) is 5.03. The van der Waals surface area contributed by atoms with Crippen LogP contribution in [0, 0.1) is 6.92 Å². The topological polar surface area (TPSA) is 83.1 Å². The average molecular weight is 419 g/mol. The molecule has 1 aliphatic rings. The van der Waals surface area contributed by atoms with Crippen LogP contribution >= 0.6 is 0 Å². The molecule has 1 aromatic carbocycles. The van der Waals surface area contributed by atoms with E-state index >= 15 is 0 Å². The molecule has 9 heteroatoms. The van der Waals surface area contributed by atoms with Gasteiger partial charge in [-0.1, -0.05) is 30.3 Å². The molecule has 0 spiro atoms. The first kappa shape index (κ1) is 19.5. The van der Waals surface area contributed by atoms with Crippen LogP contribution in [0.1, 0.15) is 11.5 Å². The highest BCUT2D eigenvalue weighted by Crippen LogP contribution is 2.29. The first-order valence-electron chi connectivity index (χ1n) is 10.3. The third-order valence-electron chi connectivity index (χ3n) is 5.50. The third-order valence-corrected chi connectivity index (χ3v) is 5.50. The van der Waals surface area contributed by atoms with E-state index in [2.05, 4.69) is 15.0 Å². The van der Waals surface area contributed by atoms with E-state index in [4.69, 9.17) is 19.4 Å². The molecular formula is C22H25N7O2. The third kappa shape index (κ3) is 3.72. The molecule has 4 aromatic rings. The van der Waals surface area contributed by atoms with Crippen LogP contribution in [0.25, 0.3) is 22.3 Å². The fraction of sp³-hybridized carbons (Fsp3) is 0.364. The molecule has 0 aliphatic carbocycles. The molecule has 3 aromatic heterocycles. The maximum Gasteiger partial charge on any atom is 0.320 e. The van der Waals surface area contributed by atoms with Crippen molar-refractivity contribution in [3.63, 3.8) is 0 Å². The molecule has 0 N–H and O–H groups in total. The lowest BCUT2D eigenvalue weighted by atomic mass is 10.2. The van der Waals surface area contributed by atoms with E-state index in [1.807, 2.05) is 62.1 Å². The minimum Gasteiger partial charge on any atom is -0.455 e. The Morgan fingerprint density at radius 3 is 2.58 bits per heavy atom. The average Bonchev–Trinajstić information content (AvgIpc) is 3.32. The van der Waals surface area contributed by atoms with Crippen LogP contribution in [0.2, 0.25) is 0 Å². The lowest BCUT2D eigenvalue weighted by molar-refractivity contribution is 0.122. The molecule has 0 atom stereocenters. The summed E-state index contributed by atoms with van der Waals surface area (Å²) in [5.74, 6) is 1.65. The molecule has 5 rings (SSSR count). The molecule has 0 amide bonds. The van der Waals surface area contributed by atoms with E-state index in [-0.39, 0.29) is 6.61 Å². The quantitative estimate of drug-likeness (QED) is 0.491. The van der Waals surface area contributed by atoms with Crippen LogP contribution in [0.5, 0.6) is 6.01 Å². The molecule has 0 saturated carbocycles. The SMILES string of the molecule is Cc1nn(C)c2nc(OCc3nc(-c4ccccc4)cn3C)nc(N3CCOCC3)c12. The summed E-state index contributed by atoms with van der Waals surface area (Å²) in [6, 6.07) is 10.4. The zero-order valence-electron chi connectivity index (χ0n) is 17.9. The summed E-state index contributed by atoms with van der Waals surface area (Å²) in [6.45, 7) is 5.16. The fourth-order valence-electron chi connectivity index (χ4n) is 3.88. The second-order valence-electron chi connectivity index (χ2n) is 7.64. The van der Waals surface area contributed by atoms with Crippen LogP contribution in [-0.2, 0) is 25.4 Å². The van der Waals surface area contributed by atoms with Gasteiger partial charge in [0.25, 0.3) is 0 Å². The zero-order chi connectivity index (χ0) is 21.4. The summed E-state index contributed by atoms with van der Waals surface area (Å²) in [7, 11) is 3.85. The molecule has 0 radical (unpaired) electrons. The van der Waals surface area contributed by atoms with Crippen LogP contribution in [0.15, 0.2) is 36.5 Å². The predicted octanol–water partition coefficient (Wildman–Crippen LogP) is 2.49. The van der Waals surface area contributed by atoms with Crippen molar-refractivity contribution in [3.8, 4) is 17.3 Å². The molecule has 1 fully saturated rings. The van der Waals surface area contributed by atoms with Gasteiger partial charge in [0.1, 0.15) is 18.2 Å². The van der Waals surface area contributed by atoms with E-state index in [0.717, 1.165) is 52.7 Å². The molecule has 0 bridgehead atoms. The van der Waals surface area contributed by atoms with Gasteiger partial charge >= 0.3 is 6.01 Å². The lowest BCUT2D eigenvalue weighted by Gasteiger charge is -2.28. The van der Waals surface area contributed by atoms with E-state index in [0.29, 0.717) is 19.2 Å². The van der Waals surface area contributed by atoms with Gasteiger partial charge < -0.3 is 18.9 Å². The van der Waals surface area contributed by atoms with Crippen molar-refractivity contribution in [2.24, 2.45) is 14.1 Å². The molecule has 1 aliphatic heterocycles. The van der Waals surface area contributed by atoms with Crippen molar-refractivity contribution < 1.29 is 9.47 Å². The summed E-state index contributed by atoms with van der Waals surface area (Å²) in [5.41, 5.74) is 3.65. The standard InChI is InChI=1S/C22H25N7O2/c1-15-19-20(28(3)26-15)24-22(25-21(19)29-9-11-30-12-10-29)31-14-18-23-17(13-27(18)2)16-7-5-4-6-8-16/h4-8,13H,9-12,14H2,1-3H3. The smallest absolute Gasteiger partial charge is 0.320 e. The molecule has 1 saturated heterocycles. The monoisotopic (exact) mass is 419 g/mol. The number of hydrogen-bond acceptors (Lipinski definition) is 7. The Labute approximate surface area is 180 Å². The number of aromatic nitrogens is 6. The Morgan fingerprint density at radius 1 is 1.03 bits per heavy atom. The lowest BCUT2D eigenvalue weighted by Crippen LogP contribution is -2.37. The largest absolute Gasteiger partial charge is 0.455 e. The van der Waals surface area contributed by atoms with Gasteiger partial charge in [-0.2, -0.15) is 15.1 Å². The Bertz CT molecular complexity index is 1210. The predicted molar refractivity (Wildman–Crippen MR) is 117 cm³/mol. The van der Waals surface area contributed by atoms with E-state index < -0.39 is 0 Å². The van der Waals surface area contributed by atoms with Crippen LogP contribution in [0.3, 0.4) is 0 Å². The summed E-state index contributed by atoms with van der Waals surface area (Å²) in [5, 5.41) is 5.50. The van der Waals surface area contributed by atoms with Crippen molar-refractivity contribution >= 4 is 16.9 Å². The number of aryl methyl sites for hydroxylation is 3. The number of imidazole rings is 1. The highest BCUT2D eigenvalue weighted by atomic mass is 16.5. The second-order valence-corrected chi connectivity index (χ2v) is 7.64. The summed E-state index contributed by atoms with van der Waals surface area (Å²) >= 11 is 0. The minimum atomic E-state index is 0.272. The Morgan fingerprint density at radius 2 is 1.81 bits per heavy atom. The molecule has 0 unspecified atom stereocenters. The normalized spacial score (nSPS) is 14.4. The van der Waals surface area contributed by atoms with Crippen molar-refractivity contribution in [2.75, 3.05) is 31.2 Å². The maximum absolute atomic E-state index is 6.02. The van der Waals surface area contributed by atoms with Gasteiger partial charge in [0.05, 0.1) is 30.0 Å². The first-order chi connectivity index (χ1) is 15.1. The van der Waals surface area contributed by atoms with Gasteiger partial charge in [-0.3, -0.25) is 0 Å². The molecule has 31 heavy (non-hydrogen) atoms. The summed E-state index contributed by atoms with van der Waals surface area (Å²) in [6.07, 6.45) is 2.00. The number of morpholine rings is 1. The maximum atomic E-state index is 6.02. The highest BCUT2D eigenvalue weighted by Gasteiger charge is 2.22. The summed E-state index contributed by atoms with van der Waals surface area (Å²) < 4.78 is 15.3. The second kappa shape index (κ2) is 7.99. The molecular weight excluding hydrogens is 394 g/mol. The number of ether oxygens (including phenoxy) is 2. The van der Waals surface area contributed by atoms with E-state index in [9.17, 15) is 0 Å². The van der Waals surface area contributed by atoms with Crippen molar-refractivity contribution in [2.45, 2.75) is 13.5 Å². The molecule has 160 valence electrons. The van der Waals surface area contributed by atoms with Crippen molar-refractivity contribution in [1.29, 1.82) is 0 Å². The van der Waals surface area contributed by atoms with Gasteiger partial charge in [0.15, 0.2) is 5.65 Å². The van der Waals surface area contributed by atoms with Gasteiger partial charge in [0.2, 0.25) is 0 Å². The van der Waals surface area contributed by atoms with Crippen molar-refractivity contribution in [1.82, 2.24) is 29.3 Å². The minimum absolute atomic E-state index is 0.272. The first-order valence-corrected chi connectivity index (χ1v) is 10.3. The van der Waals surface area contributed by atoms with Gasteiger partial charge in [-0.15, -0.1) is 0 Å². The Hall–Kier alpha value is -3.46. The van der Waals surface area contributed by atoms with E-state index in [1.54, 1.807) is 4.68 Å². The number of benzene rings is 1. The van der Waals surface area contributed by atoms with E-state index in [1.165, 1.54) is 0 Å². The van der Waals surface area contributed by atoms with Crippen LogP contribution in [0.4, 0.5) is 5.82 Å². The number of rotatable bonds is 5. The van der Waals surface area contributed by atoms with Gasteiger partial charge in [-0.25, -0.2) is 9.67 Å². The number of hydrogen-bond donors (Lipinski definition) is 0. The number of fused-ring (bicyclic) bond motifs is 1. The molecule has 9 nitrogen and oxygen atoms in total. The zero-order valence-corrected chi connectivity index (χ0v) is 17.9.